The van der Waals surface area contributed by atoms with Crippen LogP contribution in [-0.2, 0) is 6.18 Å². The van der Waals surface area contributed by atoms with E-state index in [-0.39, 0.29) is 11.7 Å². The molecule has 84 valence electrons. The topological polar surface area (TPSA) is 12.0 Å². The fourth-order valence-corrected chi connectivity index (χ4v) is 1.12. The van der Waals surface area contributed by atoms with Crippen molar-refractivity contribution in [2.75, 3.05) is 5.32 Å². The van der Waals surface area contributed by atoms with Crippen LogP contribution in [0.4, 0.5) is 23.2 Å². The van der Waals surface area contributed by atoms with E-state index in [0.717, 1.165) is 18.2 Å². The van der Waals surface area contributed by atoms with Crippen molar-refractivity contribution in [3.63, 3.8) is 0 Å². The molecule has 5 heteroatoms. The summed E-state index contributed by atoms with van der Waals surface area (Å²) >= 11 is 0. The fourth-order valence-electron chi connectivity index (χ4n) is 1.12. The average Bonchev–Trinajstić information content (AvgIpc) is 2.06. The van der Waals surface area contributed by atoms with E-state index < -0.39 is 17.6 Å². The molecule has 0 fully saturated rings. The lowest BCUT2D eigenvalue weighted by Gasteiger charge is -2.13. The molecule has 1 nitrogen and oxygen atoms in total. The highest BCUT2D eigenvalue weighted by atomic mass is 19.4. The molecule has 0 saturated heterocycles. The van der Waals surface area contributed by atoms with Crippen LogP contribution in [0.2, 0.25) is 0 Å². The van der Waals surface area contributed by atoms with Gasteiger partial charge in [0.1, 0.15) is 5.82 Å². The van der Waals surface area contributed by atoms with Gasteiger partial charge in [0.05, 0.1) is 11.3 Å². The average molecular weight is 221 g/mol. The Morgan fingerprint density at radius 2 is 1.80 bits per heavy atom. The summed E-state index contributed by atoms with van der Waals surface area (Å²) in [5.74, 6) is -0.684. The van der Waals surface area contributed by atoms with Crippen LogP contribution in [-0.4, -0.2) is 6.04 Å². The minimum absolute atomic E-state index is 0.122. The van der Waals surface area contributed by atoms with Crippen LogP contribution in [0, 0.1) is 5.82 Å². The van der Waals surface area contributed by atoms with Gasteiger partial charge in [-0.15, -0.1) is 0 Å². The Balaban J connectivity index is 3.06. The molecule has 0 bridgehead atoms. The summed E-state index contributed by atoms with van der Waals surface area (Å²) in [4.78, 5) is 0. The number of halogens is 4. The normalized spacial score (nSPS) is 11.9. The standard InChI is InChI=1S/C10H11F4N/c1-6(2)15-9-5-7(10(12,13)14)3-4-8(9)11/h3-6,15H,1-2H3. The molecule has 0 atom stereocenters. The third-order valence-electron chi connectivity index (χ3n) is 1.74. The van der Waals surface area contributed by atoms with Crippen LogP contribution < -0.4 is 5.32 Å². The summed E-state index contributed by atoms with van der Waals surface area (Å²) in [7, 11) is 0. The van der Waals surface area contributed by atoms with Gasteiger partial charge in [-0.25, -0.2) is 4.39 Å². The quantitative estimate of drug-likeness (QED) is 0.751. The Bertz CT molecular complexity index is 344. The van der Waals surface area contributed by atoms with E-state index in [1.807, 2.05) is 0 Å². The summed E-state index contributed by atoms with van der Waals surface area (Å²) in [6.45, 7) is 3.44. The zero-order valence-electron chi connectivity index (χ0n) is 8.32. The molecule has 1 rings (SSSR count). The largest absolute Gasteiger partial charge is 0.416 e. The van der Waals surface area contributed by atoms with Crippen LogP contribution in [0.15, 0.2) is 18.2 Å². The molecule has 0 aliphatic heterocycles. The first-order valence-electron chi connectivity index (χ1n) is 4.44. The first-order valence-corrected chi connectivity index (χ1v) is 4.44. The molecule has 1 aromatic carbocycles. The maximum Gasteiger partial charge on any atom is 0.416 e. The zero-order valence-corrected chi connectivity index (χ0v) is 8.32. The molecule has 1 aromatic rings. The van der Waals surface area contributed by atoms with Crippen LogP contribution >= 0.6 is 0 Å². The number of hydrogen-bond donors (Lipinski definition) is 1. The number of hydrogen-bond acceptors (Lipinski definition) is 1. The minimum Gasteiger partial charge on any atom is -0.380 e. The molecular formula is C10H11F4N. The van der Waals surface area contributed by atoms with E-state index >= 15 is 0 Å². The van der Waals surface area contributed by atoms with Crippen LogP contribution in [0.3, 0.4) is 0 Å². The predicted octanol–water partition coefficient (Wildman–Crippen LogP) is 3.66. The summed E-state index contributed by atoms with van der Waals surface area (Å²) < 4.78 is 49.9. The maximum atomic E-state index is 13.1. The molecule has 0 aromatic heterocycles. The summed E-state index contributed by atoms with van der Waals surface area (Å²) in [6, 6.07) is 2.19. The van der Waals surface area contributed by atoms with E-state index in [4.69, 9.17) is 0 Å². The van der Waals surface area contributed by atoms with Crippen molar-refractivity contribution in [3.05, 3.63) is 29.6 Å². The maximum absolute atomic E-state index is 13.1. The third kappa shape index (κ3) is 3.11. The second kappa shape index (κ2) is 4.08. The Kier molecular flexibility index (Phi) is 3.21. The summed E-state index contributed by atoms with van der Waals surface area (Å²) in [6.07, 6.45) is -4.44. The van der Waals surface area contributed by atoms with E-state index in [2.05, 4.69) is 5.32 Å². The van der Waals surface area contributed by atoms with E-state index in [9.17, 15) is 17.6 Å². The highest BCUT2D eigenvalue weighted by Crippen LogP contribution is 2.31. The van der Waals surface area contributed by atoms with Crippen molar-refractivity contribution in [2.24, 2.45) is 0 Å². The molecule has 15 heavy (non-hydrogen) atoms. The molecule has 0 amide bonds. The lowest BCUT2D eigenvalue weighted by Crippen LogP contribution is -2.13. The molecule has 0 aliphatic carbocycles. The van der Waals surface area contributed by atoms with Crippen molar-refractivity contribution in [3.8, 4) is 0 Å². The van der Waals surface area contributed by atoms with Gasteiger partial charge in [-0.2, -0.15) is 13.2 Å². The van der Waals surface area contributed by atoms with Gasteiger partial charge in [-0.3, -0.25) is 0 Å². The number of rotatable bonds is 2. The van der Waals surface area contributed by atoms with E-state index in [1.165, 1.54) is 0 Å². The minimum atomic E-state index is -4.44. The molecule has 0 heterocycles. The van der Waals surface area contributed by atoms with Gasteiger partial charge in [-0.1, -0.05) is 0 Å². The first kappa shape index (κ1) is 11.8. The van der Waals surface area contributed by atoms with Gasteiger partial charge >= 0.3 is 6.18 Å². The van der Waals surface area contributed by atoms with Gasteiger partial charge in [0.2, 0.25) is 0 Å². The Morgan fingerprint density at radius 3 is 2.27 bits per heavy atom. The SMILES string of the molecule is CC(C)Nc1cc(C(F)(F)F)ccc1F. The Hall–Kier alpha value is -1.26. The van der Waals surface area contributed by atoms with E-state index in [0.29, 0.717) is 0 Å². The second-order valence-electron chi connectivity index (χ2n) is 3.49. The van der Waals surface area contributed by atoms with Crippen molar-refractivity contribution in [1.29, 1.82) is 0 Å². The molecule has 0 aliphatic rings. The lowest BCUT2D eigenvalue weighted by molar-refractivity contribution is -0.137. The van der Waals surface area contributed by atoms with Crippen molar-refractivity contribution in [2.45, 2.75) is 26.1 Å². The third-order valence-corrected chi connectivity index (χ3v) is 1.74. The van der Waals surface area contributed by atoms with Crippen LogP contribution in [0.5, 0.6) is 0 Å². The monoisotopic (exact) mass is 221 g/mol. The number of alkyl halides is 3. The molecule has 0 radical (unpaired) electrons. The Labute approximate surface area is 85.1 Å². The highest BCUT2D eigenvalue weighted by Gasteiger charge is 2.31. The molecule has 1 N–H and O–H groups in total. The molecule has 0 spiro atoms. The lowest BCUT2D eigenvalue weighted by atomic mass is 10.1. The highest BCUT2D eigenvalue weighted by molar-refractivity contribution is 5.48. The first-order chi connectivity index (χ1) is 6.80. The number of benzene rings is 1. The Morgan fingerprint density at radius 1 is 1.20 bits per heavy atom. The van der Waals surface area contributed by atoms with Crippen molar-refractivity contribution < 1.29 is 17.6 Å². The smallest absolute Gasteiger partial charge is 0.380 e. The summed E-state index contributed by atoms with van der Waals surface area (Å²) in [5.41, 5.74) is -0.980. The number of nitrogens with one attached hydrogen (secondary N) is 1. The van der Waals surface area contributed by atoms with Crippen LogP contribution in [0.1, 0.15) is 19.4 Å². The fraction of sp³-hybridized carbons (Fsp3) is 0.400. The molecule has 0 saturated carbocycles. The van der Waals surface area contributed by atoms with Gasteiger partial charge in [-0.05, 0) is 32.0 Å². The molecular weight excluding hydrogens is 210 g/mol. The van der Waals surface area contributed by atoms with Gasteiger partial charge in [0.25, 0.3) is 0 Å². The van der Waals surface area contributed by atoms with Crippen molar-refractivity contribution >= 4 is 5.69 Å². The van der Waals surface area contributed by atoms with Gasteiger partial charge in [0.15, 0.2) is 0 Å². The number of anilines is 1. The predicted molar refractivity (Wildman–Crippen MR) is 50.2 cm³/mol. The van der Waals surface area contributed by atoms with Gasteiger partial charge in [0, 0.05) is 6.04 Å². The van der Waals surface area contributed by atoms with Crippen molar-refractivity contribution in [1.82, 2.24) is 0 Å². The summed E-state index contributed by atoms with van der Waals surface area (Å²) in [5, 5.41) is 2.61. The van der Waals surface area contributed by atoms with Crippen LogP contribution in [0.25, 0.3) is 0 Å². The van der Waals surface area contributed by atoms with Gasteiger partial charge < -0.3 is 5.32 Å². The zero-order chi connectivity index (χ0) is 11.6. The molecule has 0 unspecified atom stereocenters. The van der Waals surface area contributed by atoms with E-state index in [1.54, 1.807) is 13.8 Å². The second-order valence-corrected chi connectivity index (χ2v) is 3.49.